The number of anilines is 1. The van der Waals surface area contributed by atoms with Crippen molar-refractivity contribution in [3.8, 4) is 0 Å². The SMILES string of the molecule is CSCc1cc(N)cc(Cl)c1. The molecule has 0 bridgehead atoms. The van der Waals surface area contributed by atoms with Crippen molar-refractivity contribution in [1.29, 1.82) is 0 Å². The number of benzene rings is 1. The summed E-state index contributed by atoms with van der Waals surface area (Å²) in [5.74, 6) is 0.963. The molecule has 1 rings (SSSR count). The van der Waals surface area contributed by atoms with Crippen LogP contribution >= 0.6 is 23.4 Å². The molecule has 0 fully saturated rings. The smallest absolute Gasteiger partial charge is 0.0429 e. The van der Waals surface area contributed by atoms with Gasteiger partial charge in [-0.2, -0.15) is 11.8 Å². The van der Waals surface area contributed by atoms with E-state index < -0.39 is 0 Å². The molecular formula is C8H10ClNS. The fourth-order valence-corrected chi connectivity index (χ4v) is 1.69. The Kier molecular flexibility index (Phi) is 3.09. The van der Waals surface area contributed by atoms with Gasteiger partial charge in [0.15, 0.2) is 0 Å². The first-order valence-electron chi connectivity index (χ1n) is 3.26. The van der Waals surface area contributed by atoms with Gasteiger partial charge in [0.05, 0.1) is 0 Å². The maximum atomic E-state index is 5.80. The molecule has 60 valence electrons. The van der Waals surface area contributed by atoms with E-state index in [2.05, 4.69) is 6.26 Å². The van der Waals surface area contributed by atoms with Crippen LogP contribution in [0.25, 0.3) is 0 Å². The van der Waals surface area contributed by atoms with Crippen LogP contribution in [0.4, 0.5) is 5.69 Å². The summed E-state index contributed by atoms with van der Waals surface area (Å²) in [5.41, 5.74) is 7.52. The van der Waals surface area contributed by atoms with E-state index in [0.29, 0.717) is 5.02 Å². The summed E-state index contributed by atoms with van der Waals surface area (Å²) in [6, 6.07) is 5.64. The van der Waals surface area contributed by atoms with E-state index in [-0.39, 0.29) is 0 Å². The third kappa shape index (κ3) is 2.64. The molecule has 0 saturated carbocycles. The number of hydrogen-bond donors (Lipinski definition) is 1. The summed E-state index contributed by atoms with van der Waals surface area (Å²) in [4.78, 5) is 0. The molecule has 1 nitrogen and oxygen atoms in total. The molecule has 0 saturated heterocycles. The Labute approximate surface area is 75.9 Å². The molecule has 0 atom stereocenters. The Balaban J connectivity index is 2.89. The van der Waals surface area contributed by atoms with Crippen molar-refractivity contribution in [3.63, 3.8) is 0 Å². The second-order valence-corrected chi connectivity index (χ2v) is 3.63. The lowest BCUT2D eigenvalue weighted by Gasteiger charge is -2.00. The summed E-state index contributed by atoms with van der Waals surface area (Å²) in [6.07, 6.45) is 2.05. The van der Waals surface area contributed by atoms with E-state index in [0.717, 1.165) is 11.4 Å². The van der Waals surface area contributed by atoms with Gasteiger partial charge in [-0.3, -0.25) is 0 Å². The van der Waals surface area contributed by atoms with Crippen LogP contribution in [0.3, 0.4) is 0 Å². The lowest BCUT2D eigenvalue weighted by molar-refractivity contribution is 1.42. The number of nitrogens with two attached hydrogens (primary N) is 1. The van der Waals surface area contributed by atoms with Crippen molar-refractivity contribution in [2.24, 2.45) is 0 Å². The Hall–Kier alpha value is -0.340. The zero-order valence-electron chi connectivity index (χ0n) is 6.30. The second kappa shape index (κ2) is 3.88. The summed E-state index contributed by atoms with van der Waals surface area (Å²) < 4.78 is 0. The molecule has 2 N–H and O–H groups in total. The van der Waals surface area contributed by atoms with Crippen molar-refractivity contribution < 1.29 is 0 Å². The number of halogens is 1. The second-order valence-electron chi connectivity index (χ2n) is 2.33. The van der Waals surface area contributed by atoms with E-state index in [1.807, 2.05) is 12.1 Å². The molecule has 0 radical (unpaired) electrons. The first-order chi connectivity index (χ1) is 5.22. The lowest BCUT2D eigenvalue weighted by Crippen LogP contribution is -1.87. The van der Waals surface area contributed by atoms with E-state index in [9.17, 15) is 0 Å². The van der Waals surface area contributed by atoms with Crippen molar-refractivity contribution in [1.82, 2.24) is 0 Å². The lowest BCUT2D eigenvalue weighted by atomic mass is 10.2. The molecule has 0 aliphatic carbocycles. The predicted octanol–water partition coefficient (Wildman–Crippen LogP) is 2.79. The van der Waals surface area contributed by atoms with Gasteiger partial charge in [-0.25, -0.2) is 0 Å². The third-order valence-corrected chi connectivity index (χ3v) is 2.13. The van der Waals surface area contributed by atoms with Crippen LogP contribution in [0.15, 0.2) is 18.2 Å². The van der Waals surface area contributed by atoms with Crippen molar-refractivity contribution >= 4 is 29.1 Å². The maximum absolute atomic E-state index is 5.80. The predicted molar refractivity (Wildman–Crippen MR) is 53.1 cm³/mol. The summed E-state index contributed by atoms with van der Waals surface area (Å²) in [7, 11) is 0. The summed E-state index contributed by atoms with van der Waals surface area (Å²) in [6.45, 7) is 0. The molecule has 1 aromatic carbocycles. The number of thioether (sulfide) groups is 1. The van der Waals surface area contributed by atoms with Crippen molar-refractivity contribution in [2.45, 2.75) is 5.75 Å². The molecule has 11 heavy (non-hydrogen) atoms. The molecule has 0 spiro atoms. The molecule has 1 aromatic rings. The van der Waals surface area contributed by atoms with Gasteiger partial charge < -0.3 is 5.73 Å². The van der Waals surface area contributed by atoms with Gasteiger partial charge in [0.1, 0.15) is 0 Å². The van der Waals surface area contributed by atoms with Crippen LogP contribution in [-0.4, -0.2) is 6.26 Å². The Morgan fingerprint density at radius 2 is 2.18 bits per heavy atom. The van der Waals surface area contributed by atoms with Gasteiger partial charge >= 0.3 is 0 Å². The highest BCUT2D eigenvalue weighted by Gasteiger charge is 1.95. The topological polar surface area (TPSA) is 26.0 Å². The van der Waals surface area contributed by atoms with Crippen LogP contribution in [0.2, 0.25) is 5.02 Å². The minimum Gasteiger partial charge on any atom is -0.399 e. The normalized spacial score (nSPS) is 10.0. The molecule has 0 aliphatic rings. The zero-order valence-corrected chi connectivity index (χ0v) is 7.88. The highest BCUT2D eigenvalue weighted by Crippen LogP contribution is 2.19. The molecule has 0 aromatic heterocycles. The average molecular weight is 188 g/mol. The molecule has 0 amide bonds. The zero-order chi connectivity index (χ0) is 8.27. The van der Waals surface area contributed by atoms with E-state index in [4.69, 9.17) is 17.3 Å². The van der Waals surface area contributed by atoms with Crippen molar-refractivity contribution in [2.75, 3.05) is 12.0 Å². The standard InChI is InChI=1S/C8H10ClNS/c1-11-5-6-2-7(9)4-8(10)3-6/h2-4H,5,10H2,1H3. The number of nitrogen functional groups attached to an aromatic ring is 1. The third-order valence-electron chi connectivity index (χ3n) is 1.29. The molecule has 0 unspecified atom stereocenters. The Morgan fingerprint density at radius 1 is 1.45 bits per heavy atom. The molecule has 0 aliphatic heterocycles. The molecular weight excluding hydrogens is 178 g/mol. The number of rotatable bonds is 2. The van der Waals surface area contributed by atoms with Gasteiger partial charge in [0.2, 0.25) is 0 Å². The van der Waals surface area contributed by atoms with Gasteiger partial charge in [0, 0.05) is 16.5 Å². The Bertz CT molecular complexity index is 230. The largest absolute Gasteiger partial charge is 0.399 e. The summed E-state index contributed by atoms with van der Waals surface area (Å²) >= 11 is 7.55. The van der Waals surface area contributed by atoms with Gasteiger partial charge in [0.25, 0.3) is 0 Å². The first kappa shape index (κ1) is 8.75. The fourth-order valence-electron chi connectivity index (χ4n) is 0.925. The fraction of sp³-hybridized carbons (Fsp3) is 0.250. The average Bonchev–Trinajstić information content (AvgIpc) is 1.85. The highest BCUT2D eigenvalue weighted by molar-refractivity contribution is 7.97. The first-order valence-corrected chi connectivity index (χ1v) is 5.03. The highest BCUT2D eigenvalue weighted by atomic mass is 35.5. The quantitative estimate of drug-likeness (QED) is 0.721. The maximum Gasteiger partial charge on any atom is 0.0429 e. The minimum atomic E-state index is 0.717. The summed E-state index contributed by atoms with van der Waals surface area (Å²) in [5, 5.41) is 0.717. The number of hydrogen-bond acceptors (Lipinski definition) is 2. The van der Waals surface area contributed by atoms with Gasteiger partial charge in [-0.15, -0.1) is 0 Å². The van der Waals surface area contributed by atoms with Crippen LogP contribution in [0.5, 0.6) is 0 Å². The van der Waals surface area contributed by atoms with Crippen LogP contribution in [-0.2, 0) is 5.75 Å². The Morgan fingerprint density at radius 3 is 2.73 bits per heavy atom. The van der Waals surface area contributed by atoms with E-state index in [1.165, 1.54) is 5.56 Å². The van der Waals surface area contributed by atoms with E-state index in [1.54, 1.807) is 17.8 Å². The van der Waals surface area contributed by atoms with Crippen molar-refractivity contribution in [3.05, 3.63) is 28.8 Å². The molecule has 3 heteroatoms. The van der Waals surface area contributed by atoms with Crippen LogP contribution in [0.1, 0.15) is 5.56 Å². The van der Waals surface area contributed by atoms with E-state index >= 15 is 0 Å². The van der Waals surface area contributed by atoms with Crippen LogP contribution in [0, 0.1) is 0 Å². The minimum absolute atomic E-state index is 0.717. The monoisotopic (exact) mass is 187 g/mol. The van der Waals surface area contributed by atoms with Gasteiger partial charge in [-0.1, -0.05) is 11.6 Å². The van der Waals surface area contributed by atoms with Crippen LogP contribution < -0.4 is 5.73 Å². The van der Waals surface area contributed by atoms with Gasteiger partial charge in [-0.05, 0) is 30.0 Å². The molecule has 0 heterocycles.